The van der Waals surface area contributed by atoms with Crippen LogP contribution in [0.5, 0.6) is 11.5 Å². The molecule has 146 valence electrons. The largest absolute Gasteiger partial charge is 0.493 e. The number of nitrogens with one attached hydrogen (secondary N) is 2. The molecular weight excluding hydrogens is 342 g/mol. The number of anilines is 2. The lowest BCUT2D eigenvalue weighted by molar-refractivity contribution is 0.249. The summed E-state index contributed by atoms with van der Waals surface area (Å²) in [6, 6.07) is 13.3. The first-order valence-electron chi connectivity index (χ1n) is 8.81. The number of carbonyl (C=O) groups is 1. The molecule has 2 N–H and O–H groups in total. The van der Waals surface area contributed by atoms with Crippen LogP contribution >= 0.6 is 0 Å². The van der Waals surface area contributed by atoms with E-state index in [9.17, 15) is 4.79 Å². The Morgan fingerprint density at radius 1 is 1.00 bits per heavy atom. The van der Waals surface area contributed by atoms with Crippen molar-refractivity contribution >= 4 is 17.4 Å². The summed E-state index contributed by atoms with van der Waals surface area (Å²) in [5.74, 6) is 1.36. The number of methoxy groups -OCH3 is 2. The molecule has 0 fully saturated rings. The smallest absolute Gasteiger partial charge is 0.319 e. The van der Waals surface area contributed by atoms with Gasteiger partial charge in [-0.25, -0.2) is 4.79 Å². The first kappa shape index (κ1) is 20.4. The van der Waals surface area contributed by atoms with Gasteiger partial charge >= 0.3 is 6.03 Å². The van der Waals surface area contributed by atoms with Gasteiger partial charge in [0.25, 0.3) is 0 Å². The number of hydrogen-bond acceptors (Lipinski definition) is 4. The van der Waals surface area contributed by atoms with Crippen LogP contribution in [0.2, 0.25) is 0 Å². The van der Waals surface area contributed by atoms with E-state index in [0.29, 0.717) is 18.0 Å². The SMILES string of the molecule is COc1ccc(C(C)(C)CNC(=O)Nc2ccc(N(C)C)cc2)cc1OC. The molecule has 0 aromatic heterocycles. The van der Waals surface area contributed by atoms with Crippen molar-refractivity contribution in [1.82, 2.24) is 5.32 Å². The van der Waals surface area contributed by atoms with Crippen LogP contribution in [0.25, 0.3) is 0 Å². The summed E-state index contributed by atoms with van der Waals surface area (Å²) in [5, 5.41) is 5.80. The summed E-state index contributed by atoms with van der Waals surface area (Å²) < 4.78 is 10.7. The predicted molar refractivity (Wildman–Crippen MR) is 110 cm³/mol. The third-order valence-electron chi connectivity index (χ3n) is 4.50. The van der Waals surface area contributed by atoms with E-state index in [2.05, 4.69) is 24.5 Å². The average molecular weight is 371 g/mol. The minimum atomic E-state index is -0.272. The Morgan fingerprint density at radius 2 is 1.63 bits per heavy atom. The van der Waals surface area contributed by atoms with E-state index in [0.717, 1.165) is 16.9 Å². The Balaban J connectivity index is 1.98. The van der Waals surface area contributed by atoms with Gasteiger partial charge in [-0.1, -0.05) is 19.9 Å². The molecule has 0 heterocycles. The van der Waals surface area contributed by atoms with Crippen LogP contribution in [0.4, 0.5) is 16.2 Å². The first-order chi connectivity index (χ1) is 12.8. The highest BCUT2D eigenvalue weighted by molar-refractivity contribution is 5.89. The van der Waals surface area contributed by atoms with Crippen molar-refractivity contribution in [2.24, 2.45) is 0 Å². The lowest BCUT2D eigenvalue weighted by Crippen LogP contribution is -2.39. The van der Waals surface area contributed by atoms with E-state index in [1.165, 1.54) is 0 Å². The van der Waals surface area contributed by atoms with Crippen molar-refractivity contribution in [1.29, 1.82) is 0 Å². The van der Waals surface area contributed by atoms with E-state index in [1.54, 1.807) is 14.2 Å². The summed E-state index contributed by atoms with van der Waals surface area (Å²) in [6.07, 6.45) is 0. The molecule has 0 saturated heterocycles. The summed E-state index contributed by atoms with van der Waals surface area (Å²) in [4.78, 5) is 14.3. The van der Waals surface area contributed by atoms with Gasteiger partial charge in [-0.2, -0.15) is 0 Å². The number of ether oxygens (including phenoxy) is 2. The Morgan fingerprint density at radius 3 is 2.19 bits per heavy atom. The molecule has 0 atom stereocenters. The van der Waals surface area contributed by atoms with Crippen LogP contribution in [0.3, 0.4) is 0 Å². The first-order valence-corrected chi connectivity index (χ1v) is 8.81. The van der Waals surface area contributed by atoms with Gasteiger partial charge in [0.1, 0.15) is 0 Å². The monoisotopic (exact) mass is 371 g/mol. The summed E-state index contributed by atoms with van der Waals surface area (Å²) >= 11 is 0. The normalized spacial score (nSPS) is 10.9. The number of amides is 2. The Kier molecular flexibility index (Phi) is 6.55. The topological polar surface area (TPSA) is 62.8 Å². The molecule has 0 bridgehead atoms. The lowest BCUT2D eigenvalue weighted by Gasteiger charge is -2.26. The molecule has 0 aliphatic carbocycles. The van der Waals surface area contributed by atoms with Crippen molar-refractivity contribution in [2.45, 2.75) is 19.3 Å². The average Bonchev–Trinajstić information content (AvgIpc) is 2.66. The quantitative estimate of drug-likeness (QED) is 0.776. The molecule has 2 amide bonds. The zero-order chi connectivity index (χ0) is 20.0. The second kappa shape index (κ2) is 8.66. The number of urea groups is 1. The fourth-order valence-corrected chi connectivity index (χ4v) is 2.68. The minimum Gasteiger partial charge on any atom is -0.493 e. The molecule has 2 aromatic carbocycles. The van der Waals surface area contributed by atoms with Gasteiger partial charge in [-0.05, 0) is 42.0 Å². The Labute approximate surface area is 161 Å². The van der Waals surface area contributed by atoms with Crippen LogP contribution < -0.4 is 25.0 Å². The van der Waals surface area contributed by atoms with E-state index < -0.39 is 0 Å². The molecule has 0 spiro atoms. The predicted octanol–water partition coefficient (Wildman–Crippen LogP) is 3.87. The maximum Gasteiger partial charge on any atom is 0.319 e. The second-order valence-corrected chi connectivity index (χ2v) is 7.20. The number of benzene rings is 2. The van der Waals surface area contributed by atoms with Crippen LogP contribution in [-0.2, 0) is 5.41 Å². The maximum atomic E-state index is 12.3. The number of hydrogen-bond donors (Lipinski definition) is 2. The molecule has 0 aliphatic heterocycles. The summed E-state index contributed by atoms with van der Waals surface area (Å²) in [7, 11) is 7.18. The highest BCUT2D eigenvalue weighted by Crippen LogP contribution is 2.32. The Bertz CT molecular complexity index is 771. The van der Waals surface area contributed by atoms with E-state index in [1.807, 2.05) is 61.5 Å². The van der Waals surface area contributed by atoms with Crippen molar-refractivity contribution in [3.05, 3.63) is 48.0 Å². The molecule has 2 rings (SSSR count). The van der Waals surface area contributed by atoms with Gasteiger partial charge in [-0.15, -0.1) is 0 Å². The summed E-state index contributed by atoms with van der Waals surface area (Å²) in [5.41, 5.74) is 2.61. The van der Waals surface area contributed by atoms with Gasteiger partial charge in [0.2, 0.25) is 0 Å². The molecule has 27 heavy (non-hydrogen) atoms. The second-order valence-electron chi connectivity index (χ2n) is 7.20. The molecule has 2 aromatic rings. The van der Waals surface area contributed by atoms with Gasteiger partial charge < -0.3 is 25.0 Å². The zero-order valence-electron chi connectivity index (χ0n) is 16.9. The molecule has 0 radical (unpaired) electrons. The number of nitrogens with zero attached hydrogens (tertiary/aromatic N) is 1. The molecule has 6 nitrogen and oxygen atoms in total. The third-order valence-corrected chi connectivity index (χ3v) is 4.50. The lowest BCUT2D eigenvalue weighted by atomic mass is 9.84. The van der Waals surface area contributed by atoms with Crippen molar-refractivity contribution in [2.75, 3.05) is 45.1 Å². The number of carbonyl (C=O) groups excluding carboxylic acids is 1. The molecule has 0 unspecified atom stereocenters. The van der Waals surface area contributed by atoms with Crippen LogP contribution in [-0.4, -0.2) is 40.9 Å². The fourth-order valence-electron chi connectivity index (χ4n) is 2.68. The molecule has 0 saturated carbocycles. The van der Waals surface area contributed by atoms with Crippen LogP contribution in [0.15, 0.2) is 42.5 Å². The number of rotatable bonds is 7. The Hall–Kier alpha value is -2.89. The van der Waals surface area contributed by atoms with Gasteiger partial charge in [0.05, 0.1) is 14.2 Å². The van der Waals surface area contributed by atoms with Gasteiger partial charge in [0, 0.05) is 37.4 Å². The molecule has 6 heteroatoms. The van der Waals surface area contributed by atoms with E-state index >= 15 is 0 Å². The van der Waals surface area contributed by atoms with Crippen molar-refractivity contribution in [3.8, 4) is 11.5 Å². The van der Waals surface area contributed by atoms with Crippen molar-refractivity contribution in [3.63, 3.8) is 0 Å². The maximum absolute atomic E-state index is 12.3. The van der Waals surface area contributed by atoms with Crippen molar-refractivity contribution < 1.29 is 14.3 Å². The van der Waals surface area contributed by atoms with Gasteiger partial charge in [-0.3, -0.25) is 0 Å². The third kappa shape index (κ3) is 5.29. The standard InChI is InChI=1S/C21H29N3O3/c1-21(2,15-7-12-18(26-5)19(13-15)27-6)14-22-20(25)23-16-8-10-17(11-9-16)24(3)4/h7-13H,14H2,1-6H3,(H2,22,23,25). The molecular formula is C21H29N3O3. The highest BCUT2D eigenvalue weighted by atomic mass is 16.5. The summed E-state index contributed by atoms with van der Waals surface area (Å²) in [6.45, 7) is 4.62. The van der Waals surface area contributed by atoms with Crippen LogP contribution in [0, 0.1) is 0 Å². The fraction of sp³-hybridized carbons (Fsp3) is 0.381. The minimum absolute atomic E-state index is 0.235. The van der Waals surface area contributed by atoms with Gasteiger partial charge in [0.15, 0.2) is 11.5 Å². The highest BCUT2D eigenvalue weighted by Gasteiger charge is 2.23. The zero-order valence-corrected chi connectivity index (χ0v) is 16.9. The van der Waals surface area contributed by atoms with E-state index in [-0.39, 0.29) is 11.4 Å². The van der Waals surface area contributed by atoms with E-state index in [4.69, 9.17) is 9.47 Å². The molecule has 0 aliphatic rings. The van der Waals surface area contributed by atoms with Crippen LogP contribution in [0.1, 0.15) is 19.4 Å².